The largest absolute Gasteiger partial charge is 0.500 e. The van der Waals surface area contributed by atoms with Gasteiger partial charge in [0.1, 0.15) is 12.1 Å². The fraction of sp³-hybridized carbons (Fsp3) is 0.286. The molecule has 0 unspecified atom stereocenters. The topological polar surface area (TPSA) is 94.1 Å². The van der Waals surface area contributed by atoms with Crippen molar-refractivity contribution < 1.29 is 14.6 Å². The van der Waals surface area contributed by atoms with Crippen molar-refractivity contribution in [2.75, 3.05) is 6.61 Å². The summed E-state index contributed by atoms with van der Waals surface area (Å²) in [5.41, 5.74) is -0.645. The van der Waals surface area contributed by atoms with Crippen molar-refractivity contribution in [3.05, 3.63) is 11.3 Å². The molecular formula is C7H6N2O3. The number of allylic oxidation sites excluding steroid dienone is 1. The lowest BCUT2D eigenvalue weighted by Gasteiger charge is -1.98. The van der Waals surface area contributed by atoms with Gasteiger partial charge in [-0.15, -0.1) is 0 Å². The van der Waals surface area contributed by atoms with E-state index in [1.165, 1.54) is 12.1 Å². The molecule has 12 heavy (non-hydrogen) atoms. The molecule has 0 saturated heterocycles. The molecule has 0 fully saturated rings. The van der Waals surface area contributed by atoms with Crippen LogP contribution in [0.25, 0.3) is 0 Å². The van der Waals surface area contributed by atoms with Crippen LogP contribution in [0, 0.1) is 22.7 Å². The molecule has 0 aromatic heterocycles. The van der Waals surface area contributed by atoms with Crippen molar-refractivity contribution in [2.45, 2.75) is 6.92 Å². The fourth-order valence-corrected chi connectivity index (χ4v) is 0.432. The molecule has 62 valence electrons. The number of nitrogens with zero attached hydrogens (tertiary/aromatic N) is 2. The molecule has 0 amide bonds. The number of aliphatic hydroxyl groups excluding tert-OH is 1. The molecule has 0 aromatic carbocycles. The number of hydrogen-bond acceptors (Lipinski definition) is 5. The van der Waals surface area contributed by atoms with Crippen LogP contribution in [-0.4, -0.2) is 17.7 Å². The Bertz CT molecular complexity index is 277. The summed E-state index contributed by atoms with van der Waals surface area (Å²) in [6, 6.07) is 2.72. The van der Waals surface area contributed by atoms with Crippen molar-refractivity contribution in [2.24, 2.45) is 0 Å². The molecule has 0 aliphatic heterocycles. The first-order chi connectivity index (χ1) is 5.67. The van der Waals surface area contributed by atoms with Gasteiger partial charge < -0.3 is 9.84 Å². The SMILES string of the molecule is CCOC(=O)C(O)=C(C#N)C#N. The van der Waals surface area contributed by atoms with Gasteiger partial charge in [0, 0.05) is 0 Å². The van der Waals surface area contributed by atoms with Crippen LogP contribution in [-0.2, 0) is 9.53 Å². The number of rotatable bonds is 2. The fourth-order valence-electron chi connectivity index (χ4n) is 0.432. The molecule has 5 nitrogen and oxygen atoms in total. The summed E-state index contributed by atoms with van der Waals surface area (Å²) in [4.78, 5) is 10.7. The molecular weight excluding hydrogens is 160 g/mol. The highest BCUT2D eigenvalue weighted by molar-refractivity contribution is 5.88. The van der Waals surface area contributed by atoms with E-state index in [4.69, 9.17) is 15.6 Å². The van der Waals surface area contributed by atoms with Crippen LogP contribution in [0.3, 0.4) is 0 Å². The van der Waals surface area contributed by atoms with Crippen LogP contribution in [0.4, 0.5) is 0 Å². The quantitative estimate of drug-likeness (QED) is 0.277. The Labute approximate surface area is 69.1 Å². The highest BCUT2D eigenvalue weighted by Gasteiger charge is 2.14. The molecule has 0 spiro atoms. The van der Waals surface area contributed by atoms with Crippen LogP contribution in [0.1, 0.15) is 6.92 Å². The van der Waals surface area contributed by atoms with Crippen LogP contribution in [0.15, 0.2) is 11.3 Å². The summed E-state index contributed by atoms with van der Waals surface area (Å²) in [5.74, 6) is -2.00. The minimum Gasteiger partial charge on any atom is -0.500 e. The normalized spacial score (nSPS) is 7.58. The van der Waals surface area contributed by atoms with Gasteiger partial charge in [-0.3, -0.25) is 0 Å². The molecule has 0 aliphatic rings. The summed E-state index contributed by atoms with van der Waals surface area (Å²) < 4.78 is 4.34. The van der Waals surface area contributed by atoms with Gasteiger partial charge in [0.15, 0.2) is 5.57 Å². The van der Waals surface area contributed by atoms with Crippen LogP contribution in [0.2, 0.25) is 0 Å². The lowest BCUT2D eigenvalue weighted by atomic mass is 10.3. The Kier molecular flexibility index (Phi) is 3.96. The van der Waals surface area contributed by atoms with E-state index in [1.54, 1.807) is 6.92 Å². The van der Waals surface area contributed by atoms with Crippen molar-refractivity contribution >= 4 is 5.97 Å². The minimum absolute atomic E-state index is 0.0764. The van der Waals surface area contributed by atoms with Crippen LogP contribution < -0.4 is 0 Å². The third kappa shape index (κ3) is 2.31. The summed E-state index contributed by atoms with van der Waals surface area (Å²) in [5, 5.41) is 25.3. The summed E-state index contributed by atoms with van der Waals surface area (Å²) in [6.07, 6.45) is 0. The van der Waals surface area contributed by atoms with Gasteiger partial charge in [-0.25, -0.2) is 4.79 Å². The number of carbonyl (C=O) groups excluding carboxylic acids is 1. The molecule has 5 heteroatoms. The van der Waals surface area contributed by atoms with E-state index < -0.39 is 17.3 Å². The molecule has 0 rings (SSSR count). The zero-order valence-electron chi connectivity index (χ0n) is 6.37. The number of ether oxygens (including phenoxy) is 1. The first-order valence-corrected chi connectivity index (χ1v) is 3.07. The smallest absolute Gasteiger partial charge is 0.375 e. The number of hydrogen-bond donors (Lipinski definition) is 1. The van der Waals surface area contributed by atoms with Gasteiger partial charge in [0.2, 0.25) is 5.76 Å². The average molecular weight is 166 g/mol. The van der Waals surface area contributed by atoms with Crippen LogP contribution in [0.5, 0.6) is 0 Å². The molecule has 0 radical (unpaired) electrons. The summed E-state index contributed by atoms with van der Waals surface area (Å²) in [7, 11) is 0. The second kappa shape index (κ2) is 4.75. The minimum atomic E-state index is -1.06. The maximum atomic E-state index is 10.7. The standard InChI is InChI=1S/C7H6N2O3/c1-2-12-7(11)6(10)5(3-8)4-9/h10H,2H2,1H3. The molecule has 0 aromatic rings. The van der Waals surface area contributed by atoms with E-state index in [1.807, 2.05) is 0 Å². The Morgan fingerprint density at radius 3 is 2.33 bits per heavy atom. The monoisotopic (exact) mass is 166 g/mol. The Balaban J connectivity index is 4.69. The van der Waals surface area contributed by atoms with Crippen molar-refractivity contribution in [1.82, 2.24) is 0 Å². The molecule has 0 atom stereocenters. The molecule has 0 heterocycles. The van der Waals surface area contributed by atoms with Gasteiger partial charge in [0.05, 0.1) is 6.61 Å². The third-order valence-corrected chi connectivity index (χ3v) is 0.929. The van der Waals surface area contributed by atoms with Gasteiger partial charge >= 0.3 is 5.97 Å². The summed E-state index contributed by atoms with van der Waals surface area (Å²) in [6.45, 7) is 1.62. The Morgan fingerprint density at radius 1 is 1.50 bits per heavy atom. The van der Waals surface area contributed by atoms with Gasteiger partial charge in [-0.2, -0.15) is 10.5 Å². The maximum Gasteiger partial charge on any atom is 0.375 e. The van der Waals surface area contributed by atoms with Gasteiger partial charge in [-0.1, -0.05) is 0 Å². The van der Waals surface area contributed by atoms with Crippen molar-refractivity contribution in [3.63, 3.8) is 0 Å². The van der Waals surface area contributed by atoms with E-state index in [0.29, 0.717) is 0 Å². The average Bonchev–Trinajstić information content (AvgIpc) is 2.07. The molecule has 0 aliphatic carbocycles. The van der Waals surface area contributed by atoms with E-state index in [-0.39, 0.29) is 6.61 Å². The van der Waals surface area contributed by atoms with Crippen LogP contribution >= 0.6 is 0 Å². The van der Waals surface area contributed by atoms with E-state index in [2.05, 4.69) is 4.74 Å². The first-order valence-electron chi connectivity index (χ1n) is 3.07. The van der Waals surface area contributed by atoms with Gasteiger partial charge in [-0.05, 0) is 6.92 Å². The maximum absolute atomic E-state index is 10.7. The predicted octanol–water partition coefficient (Wildman–Crippen LogP) is 0.409. The third-order valence-electron chi connectivity index (χ3n) is 0.929. The number of aliphatic hydroxyl groups is 1. The number of nitriles is 2. The second-order valence-corrected chi connectivity index (χ2v) is 1.67. The Hall–Kier alpha value is -2.01. The van der Waals surface area contributed by atoms with E-state index >= 15 is 0 Å². The molecule has 0 bridgehead atoms. The number of esters is 1. The van der Waals surface area contributed by atoms with Gasteiger partial charge in [0.25, 0.3) is 0 Å². The highest BCUT2D eigenvalue weighted by Crippen LogP contribution is 2.00. The van der Waals surface area contributed by atoms with Crippen molar-refractivity contribution in [3.8, 4) is 12.1 Å². The highest BCUT2D eigenvalue weighted by atomic mass is 16.5. The molecule has 0 saturated carbocycles. The lowest BCUT2D eigenvalue weighted by Crippen LogP contribution is -2.08. The zero-order valence-corrected chi connectivity index (χ0v) is 6.37. The predicted molar refractivity (Wildman–Crippen MR) is 37.5 cm³/mol. The van der Waals surface area contributed by atoms with E-state index in [9.17, 15) is 4.79 Å². The lowest BCUT2D eigenvalue weighted by molar-refractivity contribution is -0.141. The Morgan fingerprint density at radius 2 is 2.00 bits per heavy atom. The molecule has 1 N–H and O–H groups in total. The first kappa shape index (κ1) is 9.99. The zero-order chi connectivity index (χ0) is 9.56. The van der Waals surface area contributed by atoms with E-state index in [0.717, 1.165) is 0 Å². The summed E-state index contributed by atoms with van der Waals surface area (Å²) >= 11 is 0. The van der Waals surface area contributed by atoms with Crippen molar-refractivity contribution in [1.29, 1.82) is 10.5 Å². The number of carbonyl (C=O) groups is 1. The second-order valence-electron chi connectivity index (χ2n) is 1.67.